The van der Waals surface area contributed by atoms with Crippen LogP contribution in [-0.4, -0.2) is 37.9 Å². The first-order valence-electron chi connectivity index (χ1n) is 9.12. The number of fused-ring (bicyclic) bond motifs is 2. The predicted molar refractivity (Wildman–Crippen MR) is 101 cm³/mol. The van der Waals surface area contributed by atoms with E-state index in [4.69, 9.17) is 4.74 Å². The van der Waals surface area contributed by atoms with E-state index in [0.29, 0.717) is 25.2 Å². The van der Waals surface area contributed by atoms with Gasteiger partial charge in [0.1, 0.15) is 5.69 Å². The maximum absolute atomic E-state index is 12.8. The average molecular weight is 369 g/mol. The van der Waals surface area contributed by atoms with E-state index in [2.05, 4.69) is 15.4 Å². The average Bonchev–Trinajstić information content (AvgIpc) is 3.11. The number of aromatic nitrogens is 4. The molecule has 0 saturated heterocycles. The minimum Gasteiger partial charge on any atom is -0.369 e. The summed E-state index contributed by atoms with van der Waals surface area (Å²) in [6.45, 7) is 4.69. The fourth-order valence-corrected chi connectivity index (χ4v) is 3.84. The van der Waals surface area contributed by atoms with Gasteiger partial charge in [0, 0.05) is 32.1 Å². The van der Waals surface area contributed by atoms with Gasteiger partial charge in [0.2, 0.25) is 0 Å². The minimum absolute atomic E-state index is 0.0491. The monoisotopic (exact) mass is 369 g/mol. The SMILES string of the molecule is C[C@@H]1Cc2c(nn(C)c2C(=O)NCCn2c(=O)[nH]c3ccccc32)[C@H](C)O1. The molecule has 3 aromatic rings. The van der Waals surface area contributed by atoms with Gasteiger partial charge >= 0.3 is 5.69 Å². The Morgan fingerprint density at radius 1 is 1.37 bits per heavy atom. The molecule has 142 valence electrons. The third-order valence-corrected chi connectivity index (χ3v) is 5.01. The number of imidazole rings is 1. The number of aromatic amines is 1. The number of benzene rings is 1. The van der Waals surface area contributed by atoms with Crippen molar-refractivity contribution in [2.75, 3.05) is 6.54 Å². The van der Waals surface area contributed by atoms with Crippen molar-refractivity contribution in [3.63, 3.8) is 0 Å². The second kappa shape index (κ2) is 6.70. The zero-order valence-corrected chi connectivity index (χ0v) is 15.7. The Hall–Kier alpha value is -2.87. The van der Waals surface area contributed by atoms with Gasteiger partial charge in [-0.15, -0.1) is 0 Å². The summed E-state index contributed by atoms with van der Waals surface area (Å²) in [6.07, 6.45) is 0.590. The highest BCUT2D eigenvalue weighted by Gasteiger charge is 2.31. The molecular formula is C19H23N5O3. The molecule has 0 unspecified atom stereocenters. The quantitative estimate of drug-likeness (QED) is 0.729. The first kappa shape index (κ1) is 17.5. The summed E-state index contributed by atoms with van der Waals surface area (Å²) in [5.74, 6) is -0.180. The molecule has 1 aliphatic heterocycles. The van der Waals surface area contributed by atoms with Crippen molar-refractivity contribution in [3.8, 4) is 0 Å². The van der Waals surface area contributed by atoms with E-state index in [1.54, 1.807) is 16.3 Å². The van der Waals surface area contributed by atoms with E-state index in [1.807, 2.05) is 38.1 Å². The Labute approximate surface area is 156 Å². The number of para-hydroxylation sites is 2. The van der Waals surface area contributed by atoms with Crippen LogP contribution in [0.2, 0.25) is 0 Å². The number of carbonyl (C=O) groups is 1. The molecule has 8 heteroatoms. The number of amides is 1. The molecule has 27 heavy (non-hydrogen) atoms. The summed E-state index contributed by atoms with van der Waals surface area (Å²) in [5, 5.41) is 7.39. The molecule has 4 rings (SSSR count). The normalized spacial score (nSPS) is 19.2. The molecule has 0 radical (unpaired) electrons. The molecule has 1 amide bonds. The van der Waals surface area contributed by atoms with Crippen LogP contribution in [0.25, 0.3) is 11.0 Å². The van der Waals surface area contributed by atoms with Crippen LogP contribution in [0.5, 0.6) is 0 Å². The van der Waals surface area contributed by atoms with Crippen molar-refractivity contribution < 1.29 is 9.53 Å². The summed E-state index contributed by atoms with van der Waals surface area (Å²) in [6, 6.07) is 7.51. The molecule has 0 spiro atoms. The van der Waals surface area contributed by atoms with Crippen LogP contribution in [0.3, 0.4) is 0 Å². The Morgan fingerprint density at radius 3 is 2.96 bits per heavy atom. The molecule has 0 saturated carbocycles. The van der Waals surface area contributed by atoms with Gasteiger partial charge in [-0.05, 0) is 26.0 Å². The van der Waals surface area contributed by atoms with Gasteiger partial charge in [0.25, 0.3) is 5.91 Å². The van der Waals surface area contributed by atoms with E-state index in [-0.39, 0.29) is 23.8 Å². The Balaban J connectivity index is 1.51. The summed E-state index contributed by atoms with van der Waals surface area (Å²) in [4.78, 5) is 27.7. The van der Waals surface area contributed by atoms with E-state index >= 15 is 0 Å². The molecule has 0 bridgehead atoms. The lowest BCUT2D eigenvalue weighted by molar-refractivity contribution is -0.00710. The number of carbonyl (C=O) groups excluding carboxylic acids is 1. The van der Waals surface area contributed by atoms with Crippen molar-refractivity contribution >= 4 is 16.9 Å². The van der Waals surface area contributed by atoms with Gasteiger partial charge in [-0.2, -0.15) is 5.10 Å². The van der Waals surface area contributed by atoms with Gasteiger partial charge in [-0.1, -0.05) is 12.1 Å². The molecule has 3 heterocycles. The molecule has 0 aliphatic carbocycles. The van der Waals surface area contributed by atoms with Gasteiger partial charge < -0.3 is 15.0 Å². The molecule has 8 nitrogen and oxygen atoms in total. The van der Waals surface area contributed by atoms with Gasteiger partial charge in [0.15, 0.2) is 0 Å². The van der Waals surface area contributed by atoms with Crippen LogP contribution in [0.4, 0.5) is 0 Å². The molecular weight excluding hydrogens is 346 g/mol. The number of hydrogen-bond acceptors (Lipinski definition) is 4. The predicted octanol–water partition coefficient (Wildman–Crippen LogP) is 1.52. The topological polar surface area (TPSA) is 93.9 Å². The zero-order valence-electron chi connectivity index (χ0n) is 15.7. The molecule has 2 N–H and O–H groups in total. The first-order chi connectivity index (χ1) is 13.0. The van der Waals surface area contributed by atoms with E-state index in [9.17, 15) is 9.59 Å². The number of aryl methyl sites for hydroxylation is 1. The van der Waals surface area contributed by atoms with Crippen LogP contribution in [0, 0.1) is 0 Å². The molecule has 1 aromatic carbocycles. The Kier molecular flexibility index (Phi) is 4.35. The summed E-state index contributed by atoms with van der Waals surface area (Å²) in [7, 11) is 1.77. The fraction of sp³-hybridized carbons (Fsp3) is 0.421. The van der Waals surface area contributed by atoms with Crippen molar-refractivity contribution in [2.24, 2.45) is 7.05 Å². The van der Waals surface area contributed by atoms with Crippen molar-refractivity contribution in [1.29, 1.82) is 0 Å². The van der Waals surface area contributed by atoms with Gasteiger partial charge in [-0.3, -0.25) is 14.0 Å². The molecule has 2 aromatic heterocycles. The van der Waals surface area contributed by atoms with Gasteiger partial charge in [0.05, 0.1) is 28.9 Å². The fourth-order valence-electron chi connectivity index (χ4n) is 3.84. The summed E-state index contributed by atoms with van der Waals surface area (Å²) in [5.41, 5.74) is 3.78. The van der Waals surface area contributed by atoms with Crippen LogP contribution in [-0.2, 0) is 24.8 Å². The lowest BCUT2D eigenvalue weighted by Gasteiger charge is -2.24. The molecule has 0 fully saturated rings. The minimum atomic E-state index is -0.180. The van der Waals surface area contributed by atoms with Crippen molar-refractivity contribution in [2.45, 2.75) is 39.0 Å². The lowest BCUT2D eigenvalue weighted by atomic mass is 9.99. The third-order valence-electron chi connectivity index (χ3n) is 5.01. The molecule has 1 aliphatic rings. The van der Waals surface area contributed by atoms with Crippen LogP contribution >= 0.6 is 0 Å². The maximum Gasteiger partial charge on any atom is 0.326 e. The zero-order chi connectivity index (χ0) is 19.1. The highest BCUT2D eigenvalue weighted by molar-refractivity contribution is 5.94. The second-order valence-electron chi connectivity index (χ2n) is 6.98. The molecule has 2 atom stereocenters. The number of nitrogens with one attached hydrogen (secondary N) is 2. The number of ether oxygens (including phenoxy) is 1. The largest absolute Gasteiger partial charge is 0.369 e. The Morgan fingerprint density at radius 2 is 2.15 bits per heavy atom. The van der Waals surface area contributed by atoms with Crippen LogP contribution < -0.4 is 11.0 Å². The summed E-state index contributed by atoms with van der Waals surface area (Å²) < 4.78 is 9.05. The second-order valence-corrected chi connectivity index (χ2v) is 6.98. The van der Waals surface area contributed by atoms with Crippen molar-refractivity contribution in [3.05, 3.63) is 51.7 Å². The number of nitrogens with zero attached hydrogens (tertiary/aromatic N) is 3. The smallest absolute Gasteiger partial charge is 0.326 e. The summed E-state index contributed by atoms with van der Waals surface area (Å²) >= 11 is 0. The van der Waals surface area contributed by atoms with Crippen LogP contribution in [0.15, 0.2) is 29.1 Å². The number of hydrogen-bond donors (Lipinski definition) is 2. The lowest BCUT2D eigenvalue weighted by Crippen LogP contribution is -2.32. The number of H-pyrrole nitrogens is 1. The first-order valence-corrected chi connectivity index (χ1v) is 9.12. The maximum atomic E-state index is 12.8. The Bertz CT molecular complexity index is 1060. The van der Waals surface area contributed by atoms with Crippen LogP contribution in [0.1, 0.15) is 41.7 Å². The third kappa shape index (κ3) is 3.06. The van der Waals surface area contributed by atoms with Gasteiger partial charge in [-0.25, -0.2) is 4.79 Å². The van der Waals surface area contributed by atoms with E-state index in [1.165, 1.54) is 0 Å². The number of rotatable bonds is 4. The standard InChI is InChI=1S/C19H23N5O3/c1-11-10-13-16(12(2)27-11)22-23(3)17(13)18(25)20-8-9-24-15-7-5-4-6-14(15)21-19(24)26/h4-7,11-12H,8-10H2,1-3H3,(H,20,25)(H,21,26)/t11-,12+/m1/s1. The highest BCUT2D eigenvalue weighted by Crippen LogP contribution is 2.31. The van der Waals surface area contributed by atoms with E-state index < -0.39 is 0 Å². The van der Waals surface area contributed by atoms with E-state index in [0.717, 1.165) is 22.3 Å². The highest BCUT2D eigenvalue weighted by atomic mass is 16.5. The van der Waals surface area contributed by atoms with Crippen molar-refractivity contribution in [1.82, 2.24) is 24.6 Å².